The van der Waals surface area contributed by atoms with Crippen LogP contribution in [0.2, 0.25) is 0 Å². The molecule has 0 bridgehead atoms. The topological polar surface area (TPSA) is 9.23 Å². The van der Waals surface area contributed by atoms with Crippen molar-refractivity contribution in [3.05, 3.63) is 35.9 Å². The third kappa shape index (κ3) is 6.66. The van der Waals surface area contributed by atoms with Gasteiger partial charge in [0.25, 0.3) is 0 Å². The molecule has 0 saturated carbocycles. The van der Waals surface area contributed by atoms with Crippen LogP contribution in [-0.4, -0.2) is 21.9 Å². The minimum absolute atomic E-state index is 0.185. The first kappa shape index (κ1) is 17.7. The Hall–Kier alpha value is -0.603. The second-order valence-electron chi connectivity index (χ2n) is 6.89. The van der Waals surface area contributed by atoms with Crippen molar-refractivity contribution < 1.29 is 4.74 Å². The first-order valence-corrected chi connectivity index (χ1v) is 11.2. The molecule has 1 aromatic carbocycles. The zero-order valence-electron chi connectivity index (χ0n) is 14.4. The molecule has 22 heavy (non-hydrogen) atoms. The predicted octanol–water partition coefficient (Wildman–Crippen LogP) is 5.17. The molecule has 2 atom stereocenters. The smallest absolute Gasteiger partial charge is 0.0636 e. The fraction of sp³-hybridized carbons (Fsp3) is 0.700. The summed E-state index contributed by atoms with van der Waals surface area (Å²) >= 11 is 0. The monoisotopic (exact) mass is 318 g/mol. The average Bonchev–Trinajstić information content (AvgIpc) is 2.58. The van der Waals surface area contributed by atoms with E-state index in [1.54, 1.807) is 5.56 Å². The van der Waals surface area contributed by atoms with Gasteiger partial charge in [-0.2, -0.15) is 0 Å². The minimum Gasteiger partial charge on any atom is -0.382 e. The van der Waals surface area contributed by atoms with Crippen molar-refractivity contribution in [1.82, 2.24) is 0 Å². The van der Waals surface area contributed by atoms with Crippen LogP contribution in [0.4, 0.5) is 0 Å². The Morgan fingerprint density at radius 2 is 1.82 bits per heavy atom. The van der Waals surface area contributed by atoms with Crippen molar-refractivity contribution >= 4 is 9.52 Å². The van der Waals surface area contributed by atoms with E-state index in [0.29, 0.717) is 5.73 Å². The number of benzene rings is 1. The molecule has 1 aliphatic rings. The Morgan fingerprint density at radius 3 is 2.55 bits per heavy atom. The maximum absolute atomic E-state index is 6.05. The number of hydrogen-bond donors (Lipinski definition) is 0. The van der Waals surface area contributed by atoms with Gasteiger partial charge >= 0.3 is 0 Å². The van der Waals surface area contributed by atoms with Crippen LogP contribution in [0.15, 0.2) is 30.3 Å². The van der Waals surface area contributed by atoms with Crippen molar-refractivity contribution in [2.75, 3.05) is 6.61 Å². The molecule has 1 saturated heterocycles. The van der Waals surface area contributed by atoms with Crippen LogP contribution in [0.25, 0.3) is 0 Å². The highest BCUT2D eigenvalue weighted by molar-refractivity contribution is 6.39. The highest BCUT2D eigenvalue weighted by Crippen LogP contribution is 2.25. The minimum atomic E-state index is -0.185. The molecule has 124 valence electrons. The van der Waals surface area contributed by atoms with Crippen LogP contribution in [0.1, 0.15) is 82.2 Å². The summed E-state index contributed by atoms with van der Waals surface area (Å²) in [4.78, 5) is 0. The molecule has 1 aliphatic heterocycles. The number of rotatable bonds is 10. The summed E-state index contributed by atoms with van der Waals surface area (Å²) in [6.45, 7) is 3.30. The molecule has 0 spiro atoms. The van der Waals surface area contributed by atoms with Gasteiger partial charge in [-0.3, -0.25) is 0 Å². The van der Waals surface area contributed by atoms with E-state index in [2.05, 4.69) is 37.3 Å². The Kier molecular flexibility index (Phi) is 8.88. The van der Waals surface area contributed by atoms with E-state index < -0.39 is 0 Å². The van der Waals surface area contributed by atoms with Crippen molar-refractivity contribution in [2.45, 2.75) is 82.4 Å². The van der Waals surface area contributed by atoms with Crippen LogP contribution in [0.5, 0.6) is 0 Å². The van der Waals surface area contributed by atoms with Gasteiger partial charge in [0.2, 0.25) is 0 Å². The lowest BCUT2D eigenvalue weighted by Gasteiger charge is -2.27. The molecule has 0 amide bonds. The van der Waals surface area contributed by atoms with E-state index in [9.17, 15) is 0 Å². The zero-order chi connectivity index (χ0) is 15.5. The lowest BCUT2D eigenvalue weighted by Crippen LogP contribution is -2.29. The van der Waals surface area contributed by atoms with E-state index in [1.165, 1.54) is 64.2 Å². The van der Waals surface area contributed by atoms with Crippen LogP contribution < -0.4 is 0 Å². The predicted molar refractivity (Wildman–Crippen MR) is 99.3 cm³/mol. The maximum atomic E-state index is 6.05. The summed E-state index contributed by atoms with van der Waals surface area (Å²) in [5.74, 6) is 0. The second-order valence-corrected chi connectivity index (χ2v) is 9.26. The molecule has 0 aliphatic carbocycles. The Balaban J connectivity index is 1.79. The van der Waals surface area contributed by atoms with Gasteiger partial charge in [-0.25, -0.2) is 0 Å². The molecule has 2 unspecified atom stereocenters. The van der Waals surface area contributed by atoms with Crippen molar-refractivity contribution in [2.24, 2.45) is 0 Å². The van der Waals surface area contributed by atoms with E-state index in [0.717, 1.165) is 12.1 Å². The molecule has 2 rings (SSSR count). The van der Waals surface area contributed by atoms with E-state index in [-0.39, 0.29) is 9.52 Å². The van der Waals surface area contributed by atoms with E-state index in [4.69, 9.17) is 4.74 Å². The standard InChI is InChI=1S/C20H34OSi/c1-2-3-4-5-6-10-15-19(18-13-8-7-9-14-18)22-20-16-11-12-17-21-20/h7-9,13-14,19-20H,2-6,10-12,15-17,22H2,1H3. The second kappa shape index (κ2) is 11.0. The van der Waals surface area contributed by atoms with Gasteiger partial charge in [-0.15, -0.1) is 0 Å². The van der Waals surface area contributed by atoms with Crippen LogP contribution >= 0.6 is 0 Å². The van der Waals surface area contributed by atoms with Gasteiger partial charge < -0.3 is 4.74 Å². The third-order valence-electron chi connectivity index (χ3n) is 5.00. The van der Waals surface area contributed by atoms with Gasteiger partial charge in [0.1, 0.15) is 0 Å². The fourth-order valence-electron chi connectivity index (χ4n) is 3.63. The Bertz CT molecular complexity index is 373. The molecule has 1 aromatic rings. The van der Waals surface area contributed by atoms with Crippen LogP contribution in [0.3, 0.4) is 0 Å². The summed E-state index contributed by atoms with van der Waals surface area (Å²) in [6, 6.07) is 11.2. The van der Waals surface area contributed by atoms with Crippen LogP contribution in [-0.2, 0) is 4.74 Å². The molecule has 1 nitrogen and oxygen atoms in total. The highest BCUT2D eigenvalue weighted by Gasteiger charge is 2.21. The number of hydrogen-bond acceptors (Lipinski definition) is 1. The lowest BCUT2D eigenvalue weighted by molar-refractivity contribution is 0.0642. The fourth-order valence-corrected chi connectivity index (χ4v) is 6.16. The maximum Gasteiger partial charge on any atom is 0.0636 e. The third-order valence-corrected chi connectivity index (χ3v) is 7.62. The van der Waals surface area contributed by atoms with Gasteiger partial charge in [-0.1, -0.05) is 75.8 Å². The summed E-state index contributed by atoms with van der Waals surface area (Å²) in [6.07, 6.45) is 13.8. The summed E-state index contributed by atoms with van der Waals surface area (Å²) < 4.78 is 6.05. The van der Waals surface area contributed by atoms with Gasteiger partial charge in [0, 0.05) is 12.3 Å². The number of unbranched alkanes of at least 4 members (excludes halogenated alkanes) is 5. The molecule has 0 radical (unpaired) electrons. The van der Waals surface area contributed by atoms with E-state index in [1.807, 2.05) is 0 Å². The zero-order valence-corrected chi connectivity index (χ0v) is 15.8. The van der Waals surface area contributed by atoms with Crippen molar-refractivity contribution in [3.8, 4) is 0 Å². The molecular formula is C20H34OSi. The molecule has 0 aromatic heterocycles. The summed E-state index contributed by atoms with van der Waals surface area (Å²) in [7, 11) is -0.185. The first-order valence-electron chi connectivity index (χ1n) is 9.56. The average molecular weight is 319 g/mol. The molecule has 1 fully saturated rings. The van der Waals surface area contributed by atoms with Crippen LogP contribution in [0, 0.1) is 0 Å². The molecule has 0 N–H and O–H groups in total. The summed E-state index contributed by atoms with van der Waals surface area (Å²) in [5.41, 5.74) is 3.05. The first-order chi connectivity index (χ1) is 10.9. The summed E-state index contributed by atoms with van der Waals surface area (Å²) in [5, 5.41) is 0. The molecular weight excluding hydrogens is 284 g/mol. The van der Waals surface area contributed by atoms with Gasteiger partial charge in [0.15, 0.2) is 0 Å². The van der Waals surface area contributed by atoms with Crippen molar-refractivity contribution in [1.29, 1.82) is 0 Å². The van der Waals surface area contributed by atoms with Gasteiger partial charge in [0.05, 0.1) is 9.52 Å². The normalized spacial score (nSPS) is 20.5. The quantitative estimate of drug-likeness (QED) is 0.427. The highest BCUT2D eigenvalue weighted by atomic mass is 28.2. The molecule has 2 heteroatoms. The Morgan fingerprint density at radius 1 is 1.05 bits per heavy atom. The SMILES string of the molecule is CCCCCCCCC([SiH2]C1CCCCO1)c1ccccc1. The van der Waals surface area contributed by atoms with Crippen molar-refractivity contribution in [3.63, 3.8) is 0 Å². The van der Waals surface area contributed by atoms with E-state index >= 15 is 0 Å². The van der Waals surface area contributed by atoms with Gasteiger partial charge in [-0.05, 0) is 36.8 Å². The lowest BCUT2D eigenvalue weighted by atomic mass is 10.0. The number of ether oxygens (including phenoxy) is 1. The Labute approximate surface area is 139 Å². The largest absolute Gasteiger partial charge is 0.382 e. The molecule has 1 heterocycles.